The number of nitrogens with zero attached hydrogens (tertiary/aromatic N) is 2. The molecule has 0 spiro atoms. The van der Waals surface area contributed by atoms with Crippen molar-refractivity contribution < 1.29 is 13.3 Å². The molecule has 7 heteroatoms. The lowest BCUT2D eigenvalue weighted by atomic mass is 10.2. The summed E-state index contributed by atoms with van der Waals surface area (Å²) in [6, 6.07) is 7.36. The van der Waals surface area contributed by atoms with Crippen molar-refractivity contribution >= 4 is 26.0 Å². The van der Waals surface area contributed by atoms with Crippen LogP contribution in [0.1, 0.15) is 12.5 Å². The summed E-state index contributed by atoms with van der Waals surface area (Å²) < 4.78 is 27.8. The van der Waals surface area contributed by atoms with Crippen molar-refractivity contribution in [2.24, 2.45) is 5.92 Å². The minimum absolute atomic E-state index is 0.00674. The Labute approximate surface area is 140 Å². The fraction of sp³-hybridized carbons (Fsp3) is 0.533. The van der Waals surface area contributed by atoms with Gasteiger partial charge in [0.25, 0.3) is 0 Å². The molecule has 5 nitrogen and oxygen atoms in total. The molecule has 1 aromatic carbocycles. The molecule has 1 aliphatic rings. The normalized spacial score (nSPS) is 18.8. The molecule has 0 aliphatic carbocycles. The molecule has 0 saturated carbocycles. The first-order valence-corrected chi connectivity index (χ1v) is 9.57. The van der Waals surface area contributed by atoms with E-state index in [-0.39, 0.29) is 5.92 Å². The number of benzene rings is 1. The van der Waals surface area contributed by atoms with Crippen LogP contribution in [0.15, 0.2) is 27.6 Å². The van der Waals surface area contributed by atoms with E-state index in [0.29, 0.717) is 18.0 Å². The average Bonchev–Trinajstić information content (AvgIpc) is 2.50. The lowest BCUT2D eigenvalue weighted by Crippen LogP contribution is -3.15. The first kappa shape index (κ1) is 17.4. The number of aryl methyl sites for hydroxylation is 1. The highest BCUT2D eigenvalue weighted by Gasteiger charge is 2.31. The Morgan fingerprint density at radius 2 is 2.05 bits per heavy atom. The van der Waals surface area contributed by atoms with E-state index < -0.39 is 10.0 Å². The van der Waals surface area contributed by atoms with E-state index in [9.17, 15) is 8.42 Å². The van der Waals surface area contributed by atoms with Crippen molar-refractivity contribution in [2.75, 3.05) is 32.7 Å². The van der Waals surface area contributed by atoms with Gasteiger partial charge in [0.05, 0.1) is 49.6 Å². The SMILES string of the molecule is Cc1cc(S(=O)(=O)N2CC[NH+](C[C@@H](C)C#N)CC2)ccc1Br. The Morgan fingerprint density at radius 1 is 1.41 bits per heavy atom. The van der Waals surface area contributed by atoms with Crippen molar-refractivity contribution in [3.8, 4) is 6.07 Å². The van der Waals surface area contributed by atoms with Crippen LogP contribution in [0.4, 0.5) is 0 Å². The topological polar surface area (TPSA) is 65.6 Å². The number of hydrogen-bond donors (Lipinski definition) is 1. The Balaban J connectivity index is 2.06. The molecular formula is C15H21BrN3O2S+. The van der Waals surface area contributed by atoms with Crippen molar-refractivity contribution in [1.29, 1.82) is 5.26 Å². The smallest absolute Gasteiger partial charge is 0.243 e. The maximum Gasteiger partial charge on any atom is 0.243 e. The lowest BCUT2D eigenvalue weighted by molar-refractivity contribution is -0.905. The van der Waals surface area contributed by atoms with Gasteiger partial charge in [0.15, 0.2) is 0 Å². The maximum atomic E-state index is 12.7. The molecule has 1 aliphatic heterocycles. The standard InChI is InChI=1S/C15H20BrN3O2S/c1-12(10-17)11-18-5-7-19(8-6-18)22(20,21)14-3-4-15(16)13(2)9-14/h3-4,9,12H,5-8,11H2,1-2H3/p+1/t12-/m0/s1. The van der Waals surface area contributed by atoms with Crippen molar-refractivity contribution in [2.45, 2.75) is 18.7 Å². The minimum Gasteiger partial charge on any atom is -0.332 e. The van der Waals surface area contributed by atoms with E-state index in [4.69, 9.17) is 5.26 Å². The van der Waals surface area contributed by atoms with Crippen LogP contribution < -0.4 is 4.90 Å². The summed E-state index contributed by atoms with van der Waals surface area (Å²) in [4.78, 5) is 1.65. The molecule has 0 bridgehead atoms. The number of piperazine rings is 1. The number of sulfonamides is 1. The number of quaternary nitrogens is 1. The van der Waals surface area contributed by atoms with Gasteiger partial charge in [0.2, 0.25) is 10.0 Å². The van der Waals surface area contributed by atoms with Crippen molar-refractivity contribution in [3.63, 3.8) is 0 Å². The molecule has 0 radical (unpaired) electrons. The molecule has 1 aromatic rings. The van der Waals surface area contributed by atoms with E-state index in [1.807, 2.05) is 13.8 Å². The van der Waals surface area contributed by atoms with Gasteiger partial charge in [-0.15, -0.1) is 0 Å². The van der Waals surface area contributed by atoms with Crippen LogP contribution in [0.25, 0.3) is 0 Å². The molecule has 1 atom stereocenters. The summed E-state index contributed by atoms with van der Waals surface area (Å²) in [7, 11) is -3.42. The molecular weight excluding hydrogens is 366 g/mol. The molecule has 0 aromatic heterocycles. The first-order chi connectivity index (χ1) is 10.3. The fourth-order valence-electron chi connectivity index (χ4n) is 2.65. The zero-order valence-corrected chi connectivity index (χ0v) is 15.2. The monoisotopic (exact) mass is 386 g/mol. The van der Waals surface area contributed by atoms with E-state index in [1.165, 1.54) is 4.90 Å². The molecule has 120 valence electrons. The predicted octanol–water partition coefficient (Wildman–Crippen LogP) is 0.806. The number of nitriles is 1. The van der Waals surface area contributed by atoms with E-state index in [2.05, 4.69) is 22.0 Å². The third-order valence-corrected chi connectivity index (χ3v) is 6.80. The van der Waals surface area contributed by atoms with Gasteiger partial charge in [0.1, 0.15) is 0 Å². The maximum absolute atomic E-state index is 12.7. The Morgan fingerprint density at radius 3 is 2.59 bits per heavy atom. The summed E-state index contributed by atoms with van der Waals surface area (Å²) in [6.07, 6.45) is 0. The number of nitrogens with one attached hydrogen (secondary N) is 1. The zero-order chi connectivity index (χ0) is 16.3. The van der Waals surface area contributed by atoms with Crippen LogP contribution in [-0.4, -0.2) is 45.4 Å². The summed E-state index contributed by atoms with van der Waals surface area (Å²) in [6.45, 7) is 7.08. The quantitative estimate of drug-likeness (QED) is 0.832. The summed E-state index contributed by atoms with van der Waals surface area (Å²) in [5.74, 6) is 0.00674. The van der Waals surface area contributed by atoms with Gasteiger partial charge in [-0.3, -0.25) is 0 Å². The van der Waals surface area contributed by atoms with Crippen LogP contribution in [0.5, 0.6) is 0 Å². The van der Waals surface area contributed by atoms with Gasteiger partial charge in [-0.2, -0.15) is 9.57 Å². The average molecular weight is 387 g/mol. The van der Waals surface area contributed by atoms with E-state index in [0.717, 1.165) is 29.7 Å². The van der Waals surface area contributed by atoms with Gasteiger partial charge in [-0.25, -0.2) is 8.42 Å². The van der Waals surface area contributed by atoms with Crippen LogP contribution in [0.2, 0.25) is 0 Å². The number of halogens is 1. The Bertz CT molecular complexity index is 677. The largest absolute Gasteiger partial charge is 0.332 e. The second kappa shape index (κ2) is 7.09. The van der Waals surface area contributed by atoms with E-state index >= 15 is 0 Å². The highest BCUT2D eigenvalue weighted by atomic mass is 79.9. The zero-order valence-electron chi connectivity index (χ0n) is 12.8. The Kier molecular flexibility index (Phi) is 5.61. The molecule has 1 N–H and O–H groups in total. The van der Waals surface area contributed by atoms with Crippen molar-refractivity contribution in [1.82, 2.24) is 4.31 Å². The predicted molar refractivity (Wildman–Crippen MR) is 88.0 cm³/mol. The van der Waals surface area contributed by atoms with Crippen molar-refractivity contribution in [3.05, 3.63) is 28.2 Å². The molecule has 0 amide bonds. The molecule has 1 heterocycles. The first-order valence-electron chi connectivity index (χ1n) is 7.34. The minimum atomic E-state index is -3.42. The van der Waals surface area contributed by atoms with Crippen LogP contribution in [-0.2, 0) is 10.0 Å². The molecule has 1 saturated heterocycles. The summed E-state index contributed by atoms with van der Waals surface area (Å²) in [5.41, 5.74) is 0.910. The number of rotatable bonds is 4. The molecule has 1 fully saturated rings. The molecule has 2 rings (SSSR count). The third-order valence-electron chi connectivity index (χ3n) is 4.01. The second-order valence-corrected chi connectivity index (χ2v) is 8.59. The molecule has 22 heavy (non-hydrogen) atoms. The van der Waals surface area contributed by atoms with Crippen LogP contribution in [0, 0.1) is 24.2 Å². The summed E-state index contributed by atoms with van der Waals surface area (Å²) in [5, 5.41) is 8.87. The van der Waals surface area contributed by atoms with Gasteiger partial charge in [-0.05, 0) is 37.6 Å². The number of hydrogen-bond acceptors (Lipinski definition) is 3. The highest BCUT2D eigenvalue weighted by Crippen LogP contribution is 2.22. The van der Waals surface area contributed by atoms with Gasteiger partial charge >= 0.3 is 0 Å². The fourth-order valence-corrected chi connectivity index (χ4v) is 4.43. The molecule has 0 unspecified atom stereocenters. The second-order valence-electron chi connectivity index (χ2n) is 5.80. The lowest BCUT2D eigenvalue weighted by Gasteiger charge is -2.32. The van der Waals surface area contributed by atoms with Crippen LogP contribution >= 0.6 is 15.9 Å². The van der Waals surface area contributed by atoms with Gasteiger partial charge < -0.3 is 4.90 Å². The third kappa shape index (κ3) is 3.87. The highest BCUT2D eigenvalue weighted by molar-refractivity contribution is 9.10. The van der Waals surface area contributed by atoms with Gasteiger partial charge in [0, 0.05) is 4.47 Å². The van der Waals surface area contributed by atoms with E-state index in [1.54, 1.807) is 22.5 Å². The Hall–Kier alpha value is -0.940. The van der Waals surface area contributed by atoms with Gasteiger partial charge in [-0.1, -0.05) is 15.9 Å². The van der Waals surface area contributed by atoms with Crippen LogP contribution in [0.3, 0.4) is 0 Å². The summed E-state index contributed by atoms with van der Waals surface area (Å²) >= 11 is 3.39.